The quantitative estimate of drug-likeness (QED) is 0.406. The van der Waals surface area contributed by atoms with Gasteiger partial charge in [0.15, 0.2) is 6.10 Å². The number of ether oxygens (including phenoxy) is 1. The molecule has 1 amide bonds. The zero-order valence-electron chi connectivity index (χ0n) is 16.3. The van der Waals surface area contributed by atoms with Crippen molar-refractivity contribution in [3.63, 3.8) is 0 Å². The minimum Gasteiger partial charge on any atom is -0.449 e. The number of amides is 1. The number of carbonyl (C=O) groups is 3. The maximum Gasteiger partial charge on any atom is 0.308 e. The SMILES string of the molecule is O=C(CC1Sc2ccc(Cl)cc2NC1=O)OC(C(=O)c1ccccc1)c1ccccc1. The monoisotopic (exact) mass is 451 g/mol. The van der Waals surface area contributed by atoms with Gasteiger partial charge in [0.05, 0.1) is 17.4 Å². The van der Waals surface area contributed by atoms with Crippen LogP contribution in [0.1, 0.15) is 28.4 Å². The van der Waals surface area contributed by atoms with Crippen molar-refractivity contribution in [1.29, 1.82) is 0 Å². The van der Waals surface area contributed by atoms with Crippen LogP contribution in [0.4, 0.5) is 5.69 Å². The third-order valence-corrected chi connectivity index (χ3v) is 6.27. The second-order valence-electron chi connectivity index (χ2n) is 6.95. The lowest BCUT2D eigenvalue weighted by Gasteiger charge is -2.24. The van der Waals surface area contributed by atoms with Gasteiger partial charge in [-0.15, -0.1) is 11.8 Å². The molecule has 2 atom stereocenters. The first-order valence-electron chi connectivity index (χ1n) is 9.62. The highest BCUT2D eigenvalue weighted by Crippen LogP contribution is 2.38. The average Bonchev–Trinajstić information content (AvgIpc) is 2.79. The van der Waals surface area contributed by atoms with Crippen LogP contribution in [0.3, 0.4) is 0 Å². The first-order chi connectivity index (χ1) is 15.0. The molecule has 0 radical (unpaired) electrons. The van der Waals surface area contributed by atoms with Gasteiger partial charge in [0.2, 0.25) is 11.7 Å². The molecule has 3 aromatic rings. The summed E-state index contributed by atoms with van der Waals surface area (Å²) in [4.78, 5) is 39.1. The second kappa shape index (κ2) is 9.37. The fourth-order valence-corrected chi connectivity index (χ4v) is 4.49. The molecule has 1 aliphatic rings. The first kappa shape index (κ1) is 21.2. The summed E-state index contributed by atoms with van der Waals surface area (Å²) in [7, 11) is 0. The van der Waals surface area contributed by atoms with Crippen molar-refractivity contribution in [2.75, 3.05) is 5.32 Å². The highest BCUT2D eigenvalue weighted by Gasteiger charge is 2.32. The number of fused-ring (bicyclic) bond motifs is 1. The number of thioether (sulfide) groups is 1. The molecule has 0 aromatic heterocycles. The Labute approximate surface area is 188 Å². The van der Waals surface area contributed by atoms with Crippen LogP contribution in [0.25, 0.3) is 0 Å². The fraction of sp³-hybridized carbons (Fsp3) is 0.125. The average molecular weight is 452 g/mol. The highest BCUT2D eigenvalue weighted by molar-refractivity contribution is 8.01. The van der Waals surface area contributed by atoms with E-state index in [0.29, 0.717) is 21.8 Å². The van der Waals surface area contributed by atoms with Gasteiger partial charge in [-0.25, -0.2) is 0 Å². The minimum atomic E-state index is -1.08. The molecule has 0 aliphatic carbocycles. The number of carbonyl (C=O) groups excluding carboxylic acids is 3. The third-order valence-electron chi connectivity index (χ3n) is 4.76. The van der Waals surface area contributed by atoms with Crippen molar-refractivity contribution in [3.8, 4) is 0 Å². The number of hydrogen-bond donors (Lipinski definition) is 1. The topological polar surface area (TPSA) is 72.5 Å². The summed E-state index contributed by atoms with van der Waals surface area (Å²) in [5.74, 6) is -1.24. The van der Waals surface area contributed by atoms with E-state index in [9.17, 15) is 14.4 Å². The Hall–Kier alpha value is -3.09. The minimum absolute atomic E-state index is 0.163. The van der Waals surface area contributed by atoms with Crippen LogP contribution in [0.2, 0.25) is 5.02 Å². The molecule has 0 fully saturated rings. The number of esters is 1. The molecule has 156 valence electrons. The normalized spacial score (nSPS) is 16.0. The Bertz CT molecular complexity index is 1120. The summed E-state index contributed by atoms with van der Waals surface area (Å²) in [6.07, 6.45) is -1.25. The zero-order valence-corrected chi connectivity index (χ0v) is 17.9. The Morgan fingerprint density at radius 1 is 1.00 bits per heavy atom. The van der Waals surface area contributed by atoms with Crippen molar-refractivity contribution in [2.24, 2.45) is 0 Å². The lowest BCUT2D eigenvalue weighted by molar-refractivity contribution is -0.148. The molecule has 4 rings (SSSR count). The number of Topliss-reactive ketones (excluding diaryl/α,β-unsaturated/α-hetero) is 1. The standard InChI is InChI=1S/C24H18ClNO4S/c25-17-11-12-19-18(13-17)26-24(29)20(31-19)14-21(27)30-23(16-9-5-2-6-10-16)22(28)15-7-3-1-4-8-15/h1-13,20,23H,14H2,(H,26,29). The molecular formula is C24H18ClNO4S. The van der Waals surface area contributed by atoms with Gasteiger partial charge in [-0.3, -0.25) is 14.4 Å². The van der Waals surface area contributed by atoms with Crippen molar-refractivity contribution < 1.29 is 19.1 Å². The van der Waals surface area contributed by atoms with Gasteiger partial charge in [0.1, 0.15) is 0 Å². The van der Waals surface area contributed by atoms with Crippen LogP contribution in [0.5, 0.6) is 0 Å². The fourth-order valence-electron chi connectivity index (χ4n) is 3.24. The van der Waals surface area contributed by atoms with Crippen molar-refractivity contribution in [3.05, 3.63) is 95.0 Å². The van der Waals surface area contributed by atoms with Crippen molar-refractivity contribution >= 4 is 46.7 Å². The molecular weight excluding hydrogens is 434 g/mol. The molecule has 1 heterocycles. The molecule has 1 N–H and O–H groups in total. The van der Waals surface area contributed by atoms with Gasteiger partial charge in [0.25, 0.3) is 0 Å². The summed E-state index contributed by atoms with van der Waals surface area (Å²) in [5, 5.41) is 2.62. The van der Waals surface area contributed by atoms with E-state index in [1.807, 2.05) is 12.1 Å². The van der Waals surface area contributed by atoms with Gasteiger partial charge < -0.3 is 10.1 Å². The van der Waals surface area contributed by atoms with E-state index in [1.54, 1.807) is 66.7 Å². The summed E-state index contributed by atoms with van der Waals surface area (Å²) in [5.41, 5.74) is 1.64. The van der Waals surface area contributed by atoms with Gasteiger partial charge in [0, 0.05) is 21.0 Å². The van der Waals surface area contributed by atoms with E-state index in [4.69, 9.17) is 16.3 Å². The summed E-state index contributed by atoms with van der Waals surface area (Å²) >= 11 is 7.25. The number of rotatable bonds is 6. The van der Waals surface area contributed by atoms with Crippen LogP contribution in [0, 0.1) is 0 Å². The van der Waals surface area contributed by atoms with E-state index < -0.39 is 17.3 Å². The predicted molar refractivity (Wildman–Crippen MR) is 120 cm³/mol. The smallest absolute Gasteiger partial charge is 0.308 e. The molecule has 7 heteroatoms. The van der Waals surface area contributed by atoms with Crippen LogP contribution in [-0.2, 0) is 14.3 Å². The van der Waals surface area contributed by atoms with E-state index in [-0.39, 0.29) is 18.1 Å². The second-order valence-corrected chi connectivity index (χ2v) is 8.63. The number of anilines is 1. The van der Waals surface area contributed by atoms with Crippen LogP contribution in [0.15, 0.2) is 83.8 Å². The Morgan fingerprint density at radius 3 is 2.39 bits per heavy atom. The maximum atomic E-state index is 13.1. The predicted octanol–water partition coefficient (Wildman–Crippen LogP) is 5.31. The van der Waals surface area contributed by atoms with Gasteiger partial charge in [-0.05, 0) is 18.2 Å². The van der Waals surface area contributed by atoms with Crippen LogP contribution < -0.4 is 5.32 Å². The Morgan fingerprint density at radius 2 is 1.68 bits per heavy atom. The van der Waals surface area contributed by atoms with Crippen molar-refractivity contribution in [2.45, 2.75) is 22.7 Å². The summed E-state index contributed by atoms with van der Waals surface area (Å²) in [6, 6.07) is 22.7. The summed E-state index contributed by atoms with van der Waals surface area (Å²) < 4.78 is 5.61. The Kier molecular flexibility index (Phi) is 6.39. The number of hydrogen-bond acceptors (Lipinski definition) is 5. The van der Waals surface area contributed by atoms with Gasteiger partial charge in [-0.2, -0.15) is 0 Å². The molecule has 31 heavy (non-hydrogen) atoms. The molecule has 3 aromatic carbocycles. The van der Waals surface area contributed by atoms with Crippen LogP contribution >= 0.6 is 23.4 Å². The number of ketones is 1. The van der Waals surface area contributed by atoms with Gasteiger partial charge >= 0.3 is 5.97 Å². The zero-order chi connectivity index (χ0) is 21.8. The third kappa shape index (κ3) is 4.98. The lowest BCUT2D eigenvalue weighted by Crippen LogP contribution is -2.32. The van der Waals surface area contributed by atoms with Crippen molar-refractivity contribution in [1.82, 2.24) is 0 Å². The van der Waals surface area contributed by atoms with E-state index in [0.717, 1.165) is 4.90 Å². The summed E-state index contributed by atoms with van der Waals surface area (Å²) in [6.45, 7) is 0. The molecule has 0 saturated heterocycles. The van der Waals surface area contributed by atoms with Crippen LogP contribution in [-0.4, -0.2) is 22.9 Å². The largest absolute Gasteiger partial charge is 0.449 e. The maximum absolute atomic E-state index is 13.1. The lowest BCUT2D eigenvalue weighted by atomic mass is 10.00. The number of benzene rings is 3. The van der Waals surface area contributed by atoms with E-state index in [2.05, 4.69) is 5.32 Å². The molecule has 2 unspecified atom stereocenters. The number of halogens is 1. The molecule has 0 saturated carbocycles. The molecule has 0 spiro atoms. The Balaban J connectivity index is 1.51. The van der Waals surface area contributed by atoms with E-state index in [1.165, 1.54) is 11.8 Å². The molecule has 0 bridgehead atoms. The first-order valence-corrected chi connectivity index (χ1v) is 10.9. The van der Waals surface area contributed by atoms with E-state index >= 15 is 0 Å². The van der Waals surface area contributed by atoms with Gasteiger partial charge in [-0.1, -0.05) is 72.3 Å². The highest BCUT2D eigenvalue weighted by atomic mass is 35.5. The molecule has 5 nitrogen and oxygen atoms in total. The number of nitrogens with one attached hydrogen (secondary N) is 1. The molecule has 1 aliphatic heterocycles.